The molecule has 2 N–H and O–H groups in total. The molecule has 0 aliphatic rings. The van der Waals surface area contributed by atoms with Gasteiger partial charge < -0.3 is 15.2 Å². The number of nitrogens with one attached hydrogen (secondary N) is 1. The van der Waals surface area contributed by atoms with E-state index in [1.165, 1.54) is 37.1 Å². The average Bonchev–Trinajstić information content (AvgIpc) is 2.53. The molecule has 9 heteroatoms. The molecule has 0 saturated carbocycles. The van der Waals surface area contributed by atoms with Crippen LogP contribution in [0.2, 0.25) is 0 Å². The van der Waals surface area contributed by atoms with Gasteiger partial charge in [0.2, 0.25) is 0 Å². The lowest BCUT2D eigenvalue weighted by Crippen LogP contribution is -2.43. The molecule has 1 aromatic carbocycles. The Kier molecular flexibility index (Phi) is 8.36. The van der Waals surface area contributed by atoms with E-state index in [0.717, 1.165) is 12.2 Å². The number of nitro benzene ring substituents is 1. The molecule has 0 spiro atoms. The third-order valence-corrected chi connectivity index (χ3v) is 4.40. The molecule has 0 radical (unpaired) electrons. The van der Waals surface area contributed by atoms with E-state index in [0.29, 0.717) is 10.8 Å². The van der Waals surface area contributed by atoms with Crippen molar-refractivity contribution >= 4 is 29.3 Å². The summed E-state index contributed by atoms with van der Waals surface area (Å²) in [6, 6.07) is 2.91. The van der Waals surface area contributed by atoms with Gasteiger partial charge in [-0.15, -0.1) is 11.8 Å². The molecule has 0 bridgehead atoms. The minimum Gasteiger partial charge on any atom is -0.480 e. The number of aliphatic carboxylic acids is 1. The van der Waals surface area contributed by atoms with Crippen LogP contribution >= 0.6 is 11.8 Å². The highest BCUT2D eigenvalue weighted by Gasteiger charge is 2.23. The number of rotatable bonds is 10. The molecule has 1 rings (SSSR count). The highest BCUT2D eigenvalue weighted by Crippen LogP contribution is 2.31. The van der Waals surface area contributed by atoms with Gasteiger partial charge in [0.05, 0.1) is 16.4 Å². The van der Waals surface area contributed by atoms with E-state index in [1.807, 2.05) is 0 Å². The van der Waals surface area contributed by atoms with Gasteiger partial charge in [-0.2, -0.15) is 0 Å². The number of nitro groups is 1. The van der Waals surface area contributed by atoms with Crippen molar-refractivity contribution in [2.45, 2.75) is 31.2 Å². The summed E-state index contributed by atoms with van der Waals surface area (Å²) in [5.74, 6) is -0.721. The van der Waals surface area contributed by atoms with E-state index in [4.69, 9.17) is 9.84 Å². The second kappa shape index (κ2) is 10.00. The molecule has 25 heavy (non-hydrogen) atoms. The summed E-state index contributed by atoms with van der Waals surface area (Å²) in [5.41, 5.74) is -0.137. The first-order valence-electron chi connectivity index (χ1n) is 7.70. The maximum Gasteiger partial charge on any atom is 0.328 e. The Morgan fingerprint density at radius 2 is 2.08 bits per heavy atom. The number of hydrogen-bond donors (Lipinski definition) is 2. The predicted octanol–water partition coefficient (Wildman–Crippen LogP) is 2.56. The maximum atomic E-state index is 12.2. The van der Waals surface area contributed by atoms with Crippen LogP contribution in [-0.4, -0.2) is 47.4 Å². The van der Waals surface area contributed by atoms with Crippen molar-refractivity contribution in [1.82, 2.24) is 5.32 Å². The number of benzene rings is 1. The number of amides is 1. The monoisotopic (exact) mass is 370 g/mol. The van der Waals surface area contributed by atoms with Gasteiger partial charge >= 0.3 is 5.97 Å². The van der Waals surface area contributed by atoms with Crippen LogP contribution in [-0.2, 0) is 9.53 Å². The Labute approximate surface area is 150 Å². The molecular formula is C16H22N2O6S. The summed E-state index contributed by atoms with van der Waals surface area (Å²) in [7, 11) is 1.32. The Morgan fingerprint density at radius 3 is 2.60 bits per heavy atom. The summed E-state index contributed by atoms with van der Waals surface area (Å²) < 4.78 is 4.74. The van der Waals surface area contributed by atoms with Gasteiger partial charge in [-0.3, -0.25) is 14.9 Å². The second-order valence-electron chi connectivity index (χ2n) is 5.79. The van der Waals surface area contributed by atoms with E-state index in [9.17, 15) is 19.7 Å². The van der Waals surface area contributed by atoms with Gasteiger partial charge in [-0.25, -0.2) is 4.79 Å². The van der Waals surface area contributed by atoms with Crippen molar-refractivity contribution < 1.29 is 24.4 Å². The molecule has 1 unspecified atom stereocenters. The Bertz CT molecular complexity index is 635. The quantitative estimate of drug-likeness (QED) is 0.369. The van der Waals surface area contributed by atoms with Crippen molar-refractivity contribution in [3.05, 3.63) is 33.9 Å². The Morgan fingerprint density at radius 1 is 1.40 bits per heavy atom. The number of thioether (sulfide) groups is 1. The first-order chi connectivity index (χ1) is 11.8. The molecule has 1 atom stereocenters. The van der Waals surface area contributed by atoms with Gasteiger partial charge in [0.1, 0.15) is 0 Å². The predicted molar refractivity (Wildman–Crippen MR) is 94.0 cm³/mol. The van der Waals surface area contributed by atoms with Crippen molar-refractivity contribution in [2.75, 3.05) is 19.5 Å². The van der Waals surface area contributed by atoms with Gasteiger partial charge in [-0.1, -0.05) is 13.8 Å². The van der Waals surface area contributed by atoms with Crippen LogP contribution in [0.3, 0.4) is 0 Å². The van der Waals surface area contributed by atoms with Gasteiger partial charge in [-0.05, 0) is 30.2 Å². The van der Waals surface area contributed by atoms with Crippen LogP contribution in [0.25, 0.3) is 0 Å². The smallest absolute Gasteiger partial charge is 0.328 e. The third-order valence-electron chi connectivity index (χ3n) is 3.31. The molecular weight excluding hydrogens is 348 g/mol. The third kappa shape index (κ3) is 6.71. The number of ether oxygens (including phenoxy) is 1. The zero-order chi connectivity index (χ0) is 19.0. The molecule has 0 aliphatic heterocycles. The van der Waals surface area contributed by atoms with E-state index in [1.54, 1.807) is 0 Å². The van der Waals surface area contributed by atoms with Crippen LogP contribution in [0.4, 0.5) is 5.69 Å². The minimum atomic E-state index is -1.24. The van der Waals surface area contributed by atoms with E-state index in [2.05, 4.69) is 19.2 Å². The molecule has 0 aromatic heterocycles. The SMILES string of the molecule is COCC(NC(=O)c1ccc(SCCC(C)C)c([N+](=O)[O-])c1)C(=O)O. The summed E-state index contributed by atoms with van der Waals surface area (Å²) in [6.07, 6.45) is 0.918. The fraction of sp³-hybridized carbons (Fsp3) is 0.500. The fourth-order valence-corrected chi connectivity index (χ4v) is 3.17. The first-order valence-corrected chi connectivity index (χ1v) is 8.68. The average molecular weight is 370 g/mol. The summed E-state index contributed by atoms with van der Waals surface area (Å²) in [6.45, 7) is 3.94. The number of hydrogen-bond acceptors (Lipinski definition) is 6. The number of carboxylic acids is 1. The summed E-state index contributed by atoms with van der Waals surface area (Å²) in [4.78, 5) is 34.4. The Balaban J connectivity index is 2.94. The highest BCUT2D eigenvalue weighted by atomic mass is 32.2. The number of nitrogens with zero attached hydrogens (tertiary/aromatic N) is 1. The lowest BCUT2D eigenvalue weighted by molar-refractivity contribution is -0.387. The van der Waals surface area contributed by atoms with Crippen LogP contribution in [0.15, 0.2) is 23.1 Å². The van der Waals surface area contributed by atoms with Crippen molar-refractivity contribution in [3.63, 3.8) is 0 Å². The fourth-order valence-electron chi connectivity index (χ4n) is 1.91. The maximum absolute atomic E-state index is 12.2. The number of methoxy groups -OCH3 is 1. The highest BCUT2D eigenvalue weighted by molar-refractivity contribution is 7.99. The summed E-state index contributed by atoms with van der Waals surface area (Å²) in [5, 5.41) is 22.6. The number of carbonyl (C=O) groups is 2. The molecule has 1 amide bonds. The van der Waals surface area contributed by atoms with Crippen LogP contribution in [0.1, 0.15) is 30.6 Å². The van der Waals surface area contributed by atoms with Crippen LogP contribution in [0.5, 0.6) is 0 Å². The van der Waals surface area contributed by atoms with Crippen LogP contribution in [0, 0.1) is 16.0 Å². The minimum absolute atomic E-state index is 0.0299. The lowest BCUT2D eigenvalue weighted by atomic mass is 10.1. The molecule has 0 saturated heterocycles. The van der Waals surface area contributed by atoms with Crippen molar-refractivity contribution in [1.29, 1.82) is 0 Å². The molecule has 0 heterocycles. The molecule has 0 fully saturated rings. The molecule has 0 aliphatic carbocycles. The van der Waals surface area contributed by atoms with E-state index in [-0.39, 0.29) is 17.9 Å². The largest absolute Gasteiger partial charge is 0.480 e. The van der Waals surface area contributed by atoms with Crippen LogP contribution < -0.4 is 5.32 Å². The van der Waals surface area contributed by atoms with E-state index >= 15 is 0 Å². The standard InChI is InChI=1S/C16H22N2O6S/c1-10(2)6-7-25-14-5-4-11(8-13(14)18(22)23)15(19)17-12(9-24-3)16(20)21/h4-5,8,10,12H,6-7,9H2,1-3H3,(H,17,19)(H,20,21). The zero-order valence-corrected chi connectivity index (χ0v) is 15.2. The Hall–Kier alpha value is -2.13. The van der Waals surface area contributed by atoms with Gasteiger partial charge in [0.25, 0.3) is 11.6 Å². The lowest BCUT2D eigenvalue weighted by Gasteiger charge is -2.13. The molecule has 8 nitrogen and oxygen atoms in total. The van der Waals surface area contributed by atoms with Crippen molar-refractivity contribution in [3.8, 4) is 0 Å². The van der Waals surface area contributed by atoms with Crippen molar-refractivity contribution in [2.24, 2.45) is 5.92 Å². The number of carboxylic acid groups (broad SMARTS) is 1. The number of carbonyl (C=O) groups excluding carboxylic acids is 1. The second-order valence-corrected chi connectivity index (χ2v) is 6.93. The topological polar surface area (TPSA) is 119 Å². The molecule has 1 aromatic rings. The summed E-state index contributed by atoms with van der Waals surface area (Å²) >= 11 is 1.36. The molecule has 138 valence electrons. The normalized spacial score (nSPS) is 12.0. The first kappa shape index (κ1) is 20.9. The van der Waals surface area contributed by atoms with E-state index < -0.39 is 22.8 Å². The van der Waals surface area contributed by atoms with Gasteiger partial charge in [0, 0.05) is 18.7 Å². The zero-order valence-electron chi connectivity index (χ0n) is 14.4. The van der Waals surface area contributed by atoms with Gasteiger partial charge in [0.15, 0.2) is 6.04 Å².